The van der Waals surface area contributed by atoms with Crippen molar-refractivity contribution in [1.29, 1.82) is 0 Å². The van der Waals surface area contributed by atoms with Crippen molar-refractivity contribution in [3.63, 3.8) is 0 Å². The molecule has 2 N–H and O–H groups in total. The molecule has 0 bridgehead atoms. The molecule has 0 aromatic carbocycles. The van der Waals surface area contributed by atoms with Crippen molar-refractivity contribution in [2.75, 3.05) is 52.7 Å². The van der Waals surface area contributed by atoms with Gasteiger partial charge in [-0.25, -0.2) is 0 Å². The summed E-state index contributed by atoms with van der Waals surface area (Å²) in [6.07, 6.45) is 0. The number of allylic oxidation sites excluding steroid dienone is 1. The first-order valence-electron chi connectivity index (χ1n) is 9.49. The first-order chi connectivity index (χ1) is 12.7. The van der Waals surface area contributed by atoms with Crippen molar-refractivity contribution in [1.82, 2.24) is 10.6 Å². The Kier molecular flexibility index (Phi) is 14.5. The van der Waals surface area contributed by atoms with Crippen molar-refractivity contribution in [3.8, 4) is 0 Å². The van der Waals surface area contributed by atoms with Gasteiger partial charge >= 0.3 is 0 Å². The fraction of sp³-hybridized carbons (Fsp3) is 0.667. The van der Waals surface area contributed by atoms with Crippen LogP contribution in [0.2, 0.25) is 0 Å². The van der Waals surface area contributed by atoms with Gasteiger partial charge in [-0.15, -0.1) is 0 Å². The molecule has 0 saturated carbocycles. The van der Waals surface area contributed by atoms with Crippen LogP contribution in [0.3, 0.4) is 0 Å². The topological polar surface area (TPSA) is 68.8 Å². The van der Waals surface area contributed by atoms with E-state index in [9.17, 15) is 4.79 Å². The maximum absolute atomic E-state index is 11.4. The van der Waals surface area contributed by atoms with Gasteiger partial charge in [0.2, 0.25) is 5.91 Å². The fourth-order valence-electron chi connectivity index (χ4n) is 1.89. The minimum absolute atomic E-state index is 0.115. The van der Waals surface area contributed by atoms with E-state index in [0.29, 0.717) is 57.7 Å². The number of nitrogens with one attached hydrogen (secondary N) is 2. The molecule has 0 rings (SSSR count). The number of amides is 1. The van der Waals surface area contributed by atoms with E-state index in [2.05, 4.69) is 37.3 Å². The van der Waals surface area contributed by atoms with Crippen LogP contribution in [-0.4, -0.2) is 58.6 Å². The lowest BCUT2D eigenvalue weighted by Gasteiger charge is -2.15. The Labute approximate surface area is 165 Å². The molecule has 1 amide bonds. The summed E-state index contributed by atoms with van der Waals surface area (Å²) in [5, 5.41) is 6.04. The lowest BCUT2D eigenvalue weighted by Crippen LogP contribution is -2.30. The molecular weight excluding hydrogens is 344 g/mol. The number of hydrogen-bond acceptors (Lipinski definition) is 5. The Balaban J connectivity index is 3.44. The van der Waals surface area contributed by atoms with E-state index >= 15 is 0 Å². The average molecular weight is 383 g/mol. The van der Waals surface area contributed by atoms with Crippen molar-refractivity contribution in [3.05, 3.63) is 36.6 Å². The molecule has 156 valence electrons. The molecule has 0 aliphatic carbocycles. The van der Waals surface area contributed by atoms with Crippen LogP contribution in [0.4, 0.5) is 0 Å². The molecule has 0 aliphatic rings. The Morgan fingerprint density at radius 1 is 0.778 bits per heavy atom. The van der Waals surface area contributed by atoms with Crippen LogP contribution in [0, 0.1) is 11.8 Å². The second kappa shape index (κ2) is 15.4. The SMILES string of the molecule is C=C(C)C(=C)NCC(C)COCCOCCOCC(C)CNC(=O)C(=C)C. The fourth-order valence-corrected chi connectivity index (χ4v) is 1.89. The first-order valence-corrected chi connectivity index (χ1v) is 9.49. The molecule has 0 aliphatic heterocycles. The van der Waals surface area contributed by atoms with Crippen molar-refractivity contribution < 1.29 is 19.0 Å². The lowest BCUT2D eigenvalue weighted by molar-refractivity contribution is -0.117. The van der Waals surface area contributed by atoms with E-state index in [1.807, 2.05) is 13.8 Å². The van der Waals surface area contributed by atoms with Crippen molar-refractivity contribution in [2.45, 2.75) is 27.7 Å². The molecular formula is C21H38N2O4. The van der Waals surface area contributed by atoms with E-state index in [1.54, 1.807) is 6.92 Å². The highest BCUT2D eigenvalue weighted by atomic mass is 16.5. The minimum atomic E-state index is -0.115. The van der Waals surface area contributed by atoms with Gasteiger partial charge in [-0.2, -0.15) is 0 Å². The normalized spacial score (nSPS) is 12.9. The molecule has 6 nitrogen and oxygen atoms in total. The third kappa shape index (κ3) is 15.2. The van der Waals surface area contributed by atoms with Crippen LogP contribution in [0.1, 0.15) is 27.7 Å². The minimum Gasteiger partial charge on any atom is -0.385 e. The van der Waals surface area contributed by atoms with Crippen LogP contribution in [0.15, 0.2) is 36.6 Å². The summed E-state index contributed by atoms with van der Waals surface area (Å²) in [7, 11) is 0. The maximum atomic E-state index is 11.4. The average Bonchev–Trinajstić information content (AvgIpc) is 2.62. The van der Waals surface area contributed by atoms with Crippen LogP contribution >= 0.6 is 0 Å². The zero-order chi connectivity index (χ0) is 20.7. The number of rotatable bonds is 17. The molecule has 0 heterocycles. The van der Waals surface area contributed by atoms with E-state index in [1.165, 1.54) is 0 Å². The summed E-state index contributed by atoms with van der Waals surface area (Å²) >= 11 is 0. The number of ether oxygens (including phenoxy) is 3. The second-order valence-corrected chi connectivity index (χ2v) is 7.10. The molecule has 6 heteroatoms. The summed E-state index contributed by atoms with van der Waals surface area (Å²) < 4.78 is 16.6. The van der Waals surface area contributed by atoms with Crippen LogP contribution in [0.5, 0.6) is 0 Å². The van der Waals surface area contributed by atoms with Gasteiger partial charge in [0.15, 0.2) is 0 Å². The quantitative estimate of drug-likeness (QED) is 0.230. The highest BCUT2D eigenvalue weighted by Crippen LogP contribution is 2.01. The lowest BCUT2D eigenvalue weighted by atomic mass is 10.2. The monoisotopic (exact) mass is 382 g/mol. The smallest absolute Gasteiger partial charge is 0.246 e. The number of carbonyl (C=O) groups excluding carboxylic acids is 1. The highest BCUT2D eigenvalue weighted by molar-refractivity contribution is 5.92. The molecule has 2 atom stereocenters. The first kappa shape index (κ1) is 25.4. The van der Waals surface area contributed by atoms with Gasteiger partial charge in [0, 0.05) is 24.4 Å². The Morgan fingerprint density at radius 2 is 1.22 bits per heavy atom. The van der Waals surface area contributed by atoms with Crippen LogP contribution in [0.25, 0.3) is 0 Å². The van der Waals surface area contributed by atoms with E-state index in [0.717, 1.165) is 17.8 Å². The molecule has 0 saturated heterocycles. The standard InChI is InChI=1S/C21H38N2O4/c1-16(2)20(7)22-12-18(5)14-26-10-8-25-9-11-27-15-19(6)13-23-21(24)17(3)4/h18-19,22H,1,3,7-15H2,2,4-6H3,(H,23,24). The van der Waals surface area contributed by atoms with Crippen molar-refractivity contribution >= 4 is 5.91 Å². The summed E-state index contributed by atoms with van der Waals surface area (Å²) in [6, 6.07) is 0. The van der Waals surface area contributed by atoms with Gasteiger partial charge in [-0.05, 0) is 31.3 Å². The van der Waals surface area contributed by atoms with Gasteiger partial charge in [-0.3, -0.25) is 4.79 Å². The Bertz CT molecular complexity index is 435. The van der Waals surface area contributed by atoms with E-state index in [4.69, 9.17) is 14.2 Å². The number of hydrogen-bond donors (Lipinski definition) is 2. The van der Waals surface area contributed by atoms with Gasteiger partial charge in [0.05, 0.1) is 39.6 Å². The molecule has 0 aromatic heterocycles. The van der Waals surface area contributed by atoms with Crippen molar-refractivity contribution in [2.24, 2.45) is 11.8 Å². The van der Waals surface area contributed by atoms with Gasteiger partial charge in [0.25, 0.3) is 0 Å². The molecule has 0 spiro atoms. The summed E-state index contributed by atoms with van der Waals surface area (Å²) in [5.41, 5.74) is 2.34. The van der Waals surface area contributed by atoms with Crippen LogP contribution in [-0.2, 0) is 19.0 Å². The predicted octanol–water partition coefficient (Wildman–Crippen LogP) is 2.68. The predicted molar refractivity (Wildman–Crippen MR) is 111 cm³/mol. The highest BCUT2D eigenvalue weighted by Gasteiger charge is 2.06. The number of carbonyl (C=O) groups is 1. The molecule has 0 fully saturated rings. The molecule has 27 heavy (non-hydrogen) atoms. The zero-order valence-electron chi connectivity index (χ0n) is 17.6. The van der Waals surface area contributed by atoms with Gasteiger partial charge in [-0.1, -0.05) is 33.6 Å². The zero-order valence-corrected chi connectivity index (χ0v) is 17.6. The summed E-state index contributed by atoms with van der Waals surface area (Å²) in [4.78, 5) is 11.4. The third-order valence-corrected chi connectivity index (χ3v) is 3.73. The largest absolute Gasteiger partial charge is 0.385 e. The van der Waals surface area contributed by atoms with E-state index in [-0.39, 0.29) is 11.8 Å². The second-order valence-electron chi connectivity index (χ2n) is 7.10. The molecule has 0 aromatic rings. The summed E-state index contributed by atoms with van der Waals surface area (Å²) in [6.45, 7) is 23.9. The van der Waals surface area contributed by atoms with E-state index < -0.39 is 0 Å². The Morgan fingerprint density at radius 3 is 1.67 bits per heavy atom. The van der Waals surface area contributed by atoms with Gasteiger partial charge in [0.1, 0.15) is 0 Å². The van der Waals surface area contributed by atoms with Crippen LogP contribution < -0.4 is 10.6 Å². The third-order valence-electron chi connectivity index (χ3n) is 3.73. The summed E-state index contributed by atoms with van der Waals surface area (Å²) in [5.74, 6) is 0.514. The maximum Gasteiger partial charge on any atom is 0.246 e. The Hall–Kier alpha value is -1.63. The van der Waals surface area contributed by atoms with Gasteiger partial charge < -0.3 is 24.8 Å². The molecule has 2 unspecified atom stereocenters. The molecule has 0 radical (unpaired) electrons.